The first-order valence-corrected chi connectivity index (χ1v) is 17.0. The van der Waals surface area contributed by atoms with E-state index in [-0.39, 0.29) is 59.3 Å². The fraction of sp³-hybridized carbons (Fsp3) is 0.821. The summed E-state index contributed by atoms with van der Waals surface area (Å²) in [6, 6.07) is 0. The Kier molecular flexibility index (Phi) is 25.7. The van der Waals surface area contributed by atoms with Crippen LogP contribution >= 0.6 is 15.7 Å². The maximum atomic E-state index is 9.87. The normalized spacial score (nSPS) is 23.3. The van der Waals surface area contributed by atoms with Gasteiger partial charge in [0.15, 0.2) is 0 Å². The third-order valence-electron chi connectivity index (χ3n) is 7.29. The molecule has 1 aliphatic carbocycles. The number of halogens is 6. The van der Waals surface area contributed by atoms with Gasteiger partial charge in [-0.05, 0) is 57.3 Å². The first-order chi connectivity index (χ1) is 16.1. The summed E-state index contributed by atoms with van der Waals surface area (Å²) < 4.78 is 61.5. The summed E-state index contributed by atoms with van der Waals surface area (Å²) in [5.41, 5.74) is 4.17. The van der Waals surface area contributed by atoms with Crippen molar-refractivity contribution < 1.29 is 44.7 Å². The minimum Gasteiger partial charge on any atom is -0.813 e. The van der Waals surface area contributed by atoms with E-state index >= 15 is 0 Å². The van der Waals surface area contributed by atoms with Crippen LogP contribution in [-0.2, 0) is 58.9 Å². The molecular formula is C28H60F6N2P2RuS2+. The number of aryl methyl sites for hydroxylation is 1. The Morgan fingerprint density at radius 2 is 1.00 bits per heavy atom. The molecule has 13 heteroatoms. The van der Waals surface area contributed by atoms with Crippen LogP contribution in [0.4, 0.5) is 25.2 Å². The van der Waals surface area contributed by atoms with Crippen molar-refractivity contribution in [2.45, 2.75) is 114 Å². The summed E-state index contributed by atoms with van der Waals surface area (Å²) in [7, 11) is -9.08. The fourth-order valence-electron chi connectivity index (χ4n) is 4.67. The van der Waals surface area contributed by atoms with Crippen molar-refractivity contribution >= 4 is 48.3 Å². The summed E-state index contributed by atoms with van der Waals surface area (Å²) in [5.74, 6) is 4.68. The monoisotopic (exact) mass is 766 g/mol. The fourth-order valence-corrected chi connectivity index (χ4v) is 7.76. The molecule has 0 aliphatic heterocycles. The predicted molar refractivity (Wildman–Crippen MR) is 179 cm³/mol. The van der Waals surface area contributed by atoms with Gasteiger partial charge in [0.05, 0.1) is 45.2 Å². The Balaban J connectivity index is -0.000000110. The molecule has 0 atom stereocenters. The molecule has 1 fully saturated rings. The zero-order chi connectivity index (χ0) is 30.4. The van der Waals surface area contributed by atoms with Gasteiger partial charge in [0.1, 0.15) is 0 Å². The van der Waals surface area contributed by atoms with E-state index in [0.717, 1.165) is 40.9 Å². The van der Waals surface area contributed by atoms with Crippen molar-refractivity contribution in [1.29, 1.82) is 0 Å². The smallest absolute Gasteiger partial charge is 0.813 e. The van der Waals surface area contributed by atoms with E-state index in [0.29, 0.717) is 0 Å². The van der Waals surface area contributed by atoms with Crippen LogP contribution in [0, 0.1) is 43.4 Å². The molecule has 2 rings (SSSR count). The van der Waals surface area contributed by atoms with Gasteiger partial charge in [0.2, 0.25) is 0 Å². The van der Waals surface area contributed by atoms with E-state index in [4.69, 9.17) is 4.98 Å². The first kappa shape index (κ1) is 54.3. The SMILES string of the molecule is CC(C)[PH+](c1nc(C(C)(C)C)cn1C)C(C)C.CC1C(C)C(C)C(C)C1C.C[CH+]C.F[P-](F)(F)(F)(F)F.[CH3-].[Ru+3].[SH-].[SH-]. The van der Waals surface area contributed by atoms with Crippen molar-refractivity contribution in [3.8, 4) is 0 Å². The van der Waals surface area contributed by atoms with Crippen LogP contribution in [0.15, 0.2) is 6.20 Å². The molecule has 1 aromatic rings. The van der Waals surface area contributed by atoms with Gasteiger partial charge in [-0.2, -0.15) is 0 Å². The minimum absolute atomic E-state index is 0. The number of rotatable bonds is 3. The van der Waals surface area contributed by atoms with E-state index in [2.05, 4.69) is 101 Å². The molecule has 2 nitrogen and oxygen atoms in total. The van der Waals surface area contributed by atoms with Gasteiger partial charge in [0, 0.05) is 18.7 Å². The van der Waals surface area contributed by atoms with E-state index in [9.17, 15) is 25.2 Å². The second-order valence-electron chi connectivity index (χ2n) is 12.4. The van der Waals surface area contributed by atoms with Crippen molar-refractivity contribution in [2.75, 3.05) is 0 Å². The number of thiol groups is 2. The van der Waals surface area contributed by atoms with Gasteiger partial charge in [-0.1, -0.05) is 55.4 Å². The van der Waals surface area contributed by atoms with Crippen LogP contribution in [-0.4, -0.2) is 20.9 Å². The maximum absolute atomic E-state index is 10.7. The van der Waals surface area contributed by atoms with Crippen molar-refractivity contribution in [3.05, 3.63) is 25.7 Å². The Morgan fingerprint density at radius 1 is 0.780 bits per heavy atom. The molecule has 0 aromatic carbocycles. The average molecular weight is 766 g/mol. The van der Waals surface area contributed by atoms with Crippen molar-refractivity contribution in [1.82, 2.24) is 9.55 Å². The van der Waals surface area contributed by atoms with Crippen molar-refractivity contribution in [3.63, 3.8) is 0 Å². The molecule has 0 N–H and O–H groups in total. The molecule has 1 aliphatic rings. The predicted octanol–water partition coefficient (Wildman–Crippen LogP) is 11.1. The minimum atomic E-state index is -10.7. The van der Waals surface area contributed by atoms with Gasteiger partial charge in [-0.15, -0.1) is 0 Å². The Bertz CT molecular complexity index is 753. The molecule has 0 bridgehead atoms. The summed E-state index contributed by atoms with van der Waals surface area (Å²) in [6.45, 7) is 32.0. The Morgan fingerprint density at radius 3 is 1.15 bits per heavy atom. The second kappa shape index (κ2) is 19.4. The number of aromatic nitrogens is 2. The topological polar surface area (TPSA) is 17.8 Å². The number of hydrogen-bond donors (Lipinski definition) is 0. The molecular weight excluding hydrogens is 705 g/mol. The summed E-state index contributed by atoms with van der Waals surface area (Å²) in [5, 5.41) is 0. The van der Waals surface area contributed by atoms with E-state index in [1.807, 2.05) is 20.3 Å². The van der Waals surface area contributed by atoms with Gasteiger partial charge in [-0.25, -0.2) is 4.98 Å². The molecule has 0 spiro atoms. The van der Waals surface area contributed by atoms with E-state index in [1.165, 1.54) is 11.3 Å². The molecule has 1 aromatic heterocycles. The molecule has 1 heterocycles. The van der Waals surface area contributed by atoms with Gasteiger partial charge in [0.25, 0.3) is 5.57 Å². The van der Waals surface area contributed by atoms with Gasteiger partial charge in [-0.3, -0.25) is 0 Å². The van der Waals surface area contributed by atoms with Crippen LogP contribution in [0.1, 0.15) is 103 Å². The quantitative estimate of drug-likeness (QED) is 0.0762. The van der Waals surface area contributed by atoms with Crippen LogP contribution in [0.2, 0.25) is 0 Å². The number of hydrogen-bond acceptors (Lipinski definition) is 3. The molecule has 0 amide bonds. The molecule has 253 valence electrons. The zero-order valence-electron chi connectivity index (χ0n) is 28.1. The largest absolute Gasteiger partial charge is 3.00 e. The van der Waals surface area contributed by atoms with Gasteiger partial charge < -0.3 is 39.0 Å². The third-order valence-corrected chi connectivity index (χ3v) is 10.8. The first-order valence-electron chi connectivity index (χ1n) is 13.3. The number of nitrogens with zero attached hydrogens (tertiary/aromatic N) is 2. The van der Waals surface area contributed by atoms with Crippen LogP contribution in [0.25, 0.3) is 0 Å². The Labute approximate surface area is 277 Å². The molecule has 1 radical (unpaired) electrons. The third kappa shape index (κ3) is 23.8. The Hall–Kier alpha value is 0.843. The summed E-state index contributed by atoms with van der Waals surface area (Å²) in [6.07, 6.45) is 4.21. The second-order valence-corrected chi connectivity index (χ2v) is 18.0. The van der Waals surface area contributed by atoms with E-state index in [1.54, 1.807) is 0 Å². The number of imidazole rings is 1. The van der Waals surface area contributed by atoms with Gasteiger partial charge >= 0.3 is 52.5 Å². The van der Waals surface area contributed by atoms with Crippen LogP contribution in [0.5, 0.6) is 0 Å². The maximum Gasteiger partial charge on any atom is 3.00 e. The van der Waals surface area contributed by atoms with Crippen LogP contribution < -0.4 is 5.57 Å². The van der Waals surface area contributed by atoms with Crippen molar-refractivity contribution in [2.24, 2.45) is 36.6 Å². The van der Waals surface area contributed by atoms with Crippen LogP contribution in [0.3, 0.4) is 0 Å². The standard InChI is InChI=1S/C14H27N2P.C10H20.C3H7.CH3.F6P.Ru.2H2S/c1-10(2)17(11(3)4)13-15-12(9-16(13)8)14(5,6)7;1-6-7(2)9(4)10(5)8(6)3;1-3-2;;1-7(2,3,4,5)6;;;/h9-11H,1-8H3;6-10H,1-5H3;3H,1-2H3;1H3;;;2*1H2/q;;+1;2*-1;+3;;/p-1. The molecule has 0 saturated heterocycles. The van der Waals surface area contributed by atoms with E-state index < -0.39 is 15.7 Å². The summed E-state index contributed by atoms with van der Waals surface area (Å²) in [4.78, 5) is 4.93. The molecule has 1 saturated carbocycles. The molecule has 0 unspecified atom stereocenters. The summed E-state index contributed by atoms with van der Waals surface area (Å²) >= 11 is 0. The average Bonchev–Trinajstić information content (AvgIpc) is 3.11. The molecule has 41 heavy (non-hydrogen) atoms. The zero-order valence-corrected chi connectivity index (χ0v) is 33.5.